The molecule has 2 rings (SSSR count). The van der Waals surface area contributed by atoms with Gasteiger partial charge in [-0.15, -0.1) is 22.7 Å². The third kappa shape index (κ3) is 3.18. The van der Waals surface area contributed by atoms with Gasteiger partial charge in [0.05, 0.1) is 0 Å². The number of thiazole rings is 2. The highest BCUT2D eigenvalue weighted by atomic mass is 32.1. The molecule has 0 aliphatic heterocycles. The molecule has 86 valence electrons. The summed E-state index contributed by atoms with van der Waals surface area (Å²) in [4.78, 5) is 8.44. The smallest absolute Gasteiger partial charge is 0.184 e. The zero-order valence-corrected chi connectivity index (χ0v) is 10.6. The molecule has 0 spiro atoms. The molecule has 2 aromatic rings. The van der Waals surface area contributed by atoms with E-state index in [0.29, 0.717) is 0 Å². The van der Waals surface area contributed by atoms with Crippen molar-refractivity contribution in [3.63, 3.8) is 0 Å². The fourth-order valence-corrected chi connectivity index (χ4v) is 2.52. The number of nitrogens with one attached hydrogen (secondary N) is 2. The highest BCUT2D eigenvalue weighted by Crippen LogP contribution is 2.17. The van der Waals surface area contributed by atoms with E-state index in [2.05, 4.69) is 27.5 Å². The topological polar surface area (TPSA) is 49.8 Å². The van der Waals surface area contributed by atoms with Gasteiger partial charge in [0.2, 0.25) is 0 Å². The number of aromatic nitrogens is 2. The van der Waals surface area contributed by atoms with E-state index in [-0.39, 0.29) is 6.17 Å². The van der Waals surface area contributed by atoms with E-state index < -0.39 is 0 Å². The normalized spacial score (nSPS) is 10.6. The van der Waals surface area contributed by atoms with Crippen molar-refractivity contribution < 1.29 is 0 Å². The lowest BCUT2D eigenvalue weighted by Crippen LogP contribution is -2.28. The third-order valence-corrected chi connectivity index (χ3v) is 3.45. The van der Waals surface area contributed by atoms with Crippen molar-refractivity contribution in [1.82, 2.24) is 9.97 Å². The summed E-state index contributed by atoms with van der Waals surface area (Å²) < 4.78 is 0. The van der Waals surface area contributed by atoms with Crippen LogP contribution >= 0.6 is 22.7 Å². The maximum absolute atomic E-state index is 4.22. The van der Waals surface area contributed by atoms with Crippen LogP contribution in [0.4, 0.5) is 10.3 Å². The van der Waals surface area contributed by atoms with E-state index in [1.807, 2.05) is 10.8 Å². The van der Waals surface area contributed by atoms with Crippen LogP contribution in [0.5, 0.6) is 0 Å². The molecule has 0 bridgehead atoms. The van der Waals surface area contributed by atoms with Crippen molar-refractivity contribution in [2.24, 2.45) is 0 Å². The van der Waals surface area contributed by atoms with Gasteiger partial charge in [-0.3, -0.25) is 0 Å². The number of nitrogens with zero attached hydrogens (tertiary/aromatic N) is 2. The van der Waals surface area contributed by atoms with Crippen molar-refractivity contribution in [3.8, 4) is 0 Å². The summed E-state index contributed by atoms with van der Waals surface area (Å²) in [7, 11) is 0. The molecule has 0 fully saturated rings. The Labute approximate surface area is 103 Å². The van der Waals surface area contributed by atoms with E-state index in [1.165, 1.54) is 0 Å². The molecular formula is C10H14N4S2. The quantitative estimate of drug-likeness (QED) is 0.777. The van der Waals surface area contributed by atoms with Crippen molar-refractivity contribution in [3.05, 3.63) is 23.2 Å². The molecule has 0 aliphatic rings. The van der Waals surface area contributed by atoms with Crippen molar-refractivity contribution in [2.45, 2.75) is 25.9 Å². The first-order chi connectivity index (χ1) is 7.88. The summed E-state index contributed by atoms with van der Waals surface area (Å²) in [5, 5.41) is 12.5. The van der Waals surface area contributed by atoms with Crippen molar-refractivity contribution >= 4 is 32.9 Å². The Bertz CT molecular complexity index is 349. The minimum Gasteiger partial charge on any atom is -0.342 e. The van der Waals surface area contributed by atoms with Crippen LogP contribution in [-0.4, -0.2) is 16.1 Å². The van der Waals surface area contributed by atoms with E-state index >= 15 is 0 Å². The molecule has 0 aliphatic carbocycles. The van der Waals surface area contributed by atoms with Gasteiger partial charge in [0.1, 0.15) is 6.17 Å². The fourth-order valence-electron chi connectivity index (χ4n) is 1.36. The zero-order chi connectivity index (χ0) is 11.2. The Morgan fingerprint density at radius 3 is 2.06 bits per heavy atom. The van der Waals surface area contributed by atoms with Crippen molar-refractivity contribution in [1.29, 1.82) is 0 Å². The van der Waals surface area contributed by atoms with Gasteiger partial charge in [-0.2, -0.15) is 0 Å². The lowest BCUT2D eigenvalue weighted by molar-refractivity contribution is 0.700. The molecule has 2 N–H and O–H groups in total. The maximum Gasteiger partial charge on any atom is 0.184 e. The molecule has 0 saturated carbocycles. The van der Waals surface area contributed by atoms with E-state index in [9.17, 15) is 0 Å². The van der Waals surface area contributed by atoms with Gasteiger partial charge in [-0.1, -0.05) is 13.3 Å². The molecule has 0 saturated heterocycles. The van der Waals surface area contributed by atoms with Gasteiger partial charge in [-0.05, 0) is 6.42 Å². The summed E-state index contributed by atoms with van der Waals surface area (Å²) >= 11 is 3.22. The maximum atomic E-state index is 4.22. The second-order valence-electron chi connectivity index (χ2n) is 3.30. The molecule has 4 nitrogen and oxygen atoms in total. The Hall–Kier alpha value is -1.14. The monoisotopic (exact) mass is 254 g/mol. The predicted octanol–water partition coefficient (Wildman–Crippen LogP) is 3.25. The van der Waals surface area contributed by atoms with E-state index in [0.717, 1.165) is 23.1 Å². The summed E-state index contributed by atoms with van der Waals surface area (Å²) in [6.45, 7) is 2.17. The number of anilines is 2. The molecule has 0 unspecified atom stereocenters. The Kier molecular flexibility index (Phi) is 4.12. The molecule has 0 aromatic carbocycles. The zero-order valence-electron chi connectivity index (χ0n) is 9.01. The second kappa shape index (κ2) is 5.81. The van der Waals surface area contributed by atoms with Crippen LogP contribution in [0.2, 0.25) is 0 Å². The van der Waals surface area contributed by atoms with Crippen LogP contribution in [0.15, 0.2) is 23.2 Å². The fraction of sp³-hybridized carbons (Fsp3) is 0.400. The lowest BCUT2D eigenvalue weighted by Gasteiger charge is -2.18. The van der Waals surface area contributed by atoms with Gasteiger partial charge in [0, 0.05) is 23.2 Å². The van der Waals surface area contributed by atoms with Gasteiger partial charge in [0.15, 0.2) is 10.3 Å². The first kappa shape index (κ1) is 11.3. The first-order valence-corrected chi connectivity index (χ1v) is 6.96. The SMILES string of the molecule is CCCC(Nc1nccs1)Nc1nccs1. The molecule has 6 heteroatoms. The van der Waals surface area contributed by atoms with Gasteiger partial charge < -0.3 is 10.6 Å². The summed E-state index contributed by atoms with van der Waals surface area (Å²) in [6.07, 6.45) is 5.96. The van der Waals surface area contributed by atoms with Crippen molar-refractivity contribution in [2.75, 3.05) is 10.6 Å². The van der Waals surface area contributed by atoms with Gasteiger partial charge in [0.25, 0.3) is 0 Å². The molecular weight excluding hydrogens is 240 g/mol. The Morgan fingerprint density at radius 2 is 1.69 bits per heavy atom. The van der Waals surface area contributed by atoms with Gasteiger partial charge in [-0.25, -0.2) is 9.97 Å². The predicted molar refractivity (Wildman–Crippen MR) is 70.2 cm³/mol. The summed E-state index contributed by atoms with van der Waals surface area (Å²) in [5.41, 5.74) is 0. The van der Waals surface area contributed by atoms with Crippen LogP contribution in [0, 0.1) is 0 Å². The van der Waals surface area contributed by atoms with E-state index in [4.69, 9.17) is 0 Å². The summed E-state index contributed by atoms with van der Waals surface area (Å²) in [5.74, 6) is 0. The molecule has 0 atom stereocenters. The minimum atomic E-state index is 0.197. The highest BCUT2D eigenvalue weighted by Gasteiger charge is 2.09. The van der Waals surface area contributed by atoms with Crippen LogP contribution in [-0.2, 0) is 0 Å². The molecule has 0 amide bonds. The van der Waals surface area contributed by atoms with Crippen LogP contribution in [0.25, 0.3) is 0 Å². The average molecular weight is 254 g/mol. The molecule has 2 aromatic heterocycles. The molecule has 2 heterocycles. The first-order valence-electron chi connectivity index (χ1n) is 5.20. The minimum absolute atomic E-state index is 0.197. The molecule has 0 radical (unpaired) electrons. The summed E-state index contributed by atoms with van der Waals surface area (Å²) in [6, 6.07) is 0. The van der Waals surface area contributed by atoms with Gasteiger partial charge >= 0.3 is 0 Å². The average Bonchev–Trinajstić information content (AvgIpc) is 2.91. The van der Waals surface area contributed by atoms with Crippen LogP contribution < -0.4 is 10.6 Å². The van der Waals surface area contributed by atoms with Crippen LogP contribution in [0.3, 0.4) is 0 Å². The number of rotatable bonds is 6. The van der Waals surface area contributed by atoms with Crippen LogP contribution in [0.1, 0.15) is 19.8 Å². The second-order valence-corrected chi connectivity index (χ2v) is 5.09. The Morgan fingerprint density at radius 1 is 1.12 bits per heavy atom. The van der Waals surface area contributed by atoms with E-state index in [1.54, 1.807) is 35.1 Å². The molecule has 16 heavy (non-hydrogen) atoms. The lowest BCUT2D eigenvalue weighted by atomic mass is 10.3. The largest absolute Gasteiger partial charge is 0.342 e. The number of hydrogen-bond donors (Lipinski definition) is 2. The Balaban J connectivity index is 1.94. The number of hydrogen-bond acceptors (Lipinski definition) is 6. The standard InChI is InChI=1S/C10H14N4S2/c1-2-3-8(13-9-11-4-6-15-9)14-10-12-5-7-16-10/h4-8H,2-3H2,1H3,(H,11,13)(H,12,14). The third-order valence-electron chi connectivity index (χ3n) is 2.04. The highest BCUT2D eigenvalue weighted by molar-refractivity contribution is 7.14.